The fraction of sp³-hybridized carbons (Fsp3) is 0.500. The molecule has 11 heteroatoms. The van der Waals surface area contributed by atoms with E-state index < -0.39 is 71.4 Å². The predicted octanol–water partition coefficient (Wildman–Crippen LogP) is 5.56. The SMILES string of the molecule is Cc1ccc(C[C@H]2NC(=O)/C=C/C[C@@H]([C@H](C)[C@H]3O[C@@H]3c3ccccc3F)OC(=O)[C@H](CC(C)C)OC(=O)C(C)(C)CNC2=O)cc1Cl. The number of ether oxygens (including phenoxy) is 3. The van der Waals surface area contributed by atoms with Crippen LogP contribution in [0.2, 0.25) is 5.02 Å². The first-order valence-corrected chi connectivity index (χ1v) is 16.3. The lowest BCUT2D eigenvalue weighted by Crippen LogP contribution is -2.51. The zero-order valence-electron chi connectivity index (χ0n) is 27.7. The lowest BCUT2D eigenvalue weighted by molar-refractivity contribution is -0.179. The Morgan fingerprint density at radius 3 is 2.45 bits per heavy atom. The van der Waals surface area contributed by atoms with Crippen molar-refractivity contribution in [1.82, 2.24) is 10.6 Å². The van der Waals surface area contributed by atoms with E-state index in [1.54, 1.807) is 44.2 Å². The van der Waals surface area contributed by atoms with Crippen molar-refractivity contribution >= 4 is 35.4 Å². The zero-order chi connectivity index (χ0) is 34.5. The van der Waals surface area contributed by atoms with Gasteiger partial charge in [-0.05, 0) is 62.4 Å². The summed E-state index contributed by atoms with van der Waals surface area (Å²) in [6, 6.07) is 10.8. The summed E-state index contributed by atoms with van der Waals surface area (Å²) in [4.78, 5) is 53.5. The number of nitrogens with one attached hydrogen (secondary N) is 2. The molecule has 2 aromatic carbocycles. The van der Waals surface area contributed by atoms with Crippen LogP contribution in [0.3, 0.4) is 0 Å². The number of hydrogen-bond donors (Lipinski definition) is 2. The number of halogens is 2. The van der Waals surface area contributed by atoms with Crippen LogP contribution >= 0.6 is 11.6 Å². The highest BCUT2D eigenvalue weighted by Gasteiger charge is 2.49. The van der Waals surface area contributed by atoms with Gasteiger partial charge in [0.15, 0.2) is 6.10 Å². The van der Waals surface area contributed by atoms with E-state index in [0.717, 1.165) is 11.1 Å². The topological polar surface area (TPSA) is 123 Å². The van der Waals surface area contributed by atoms with Crippen molar-refractivity contribution in [3.8, 4) is 0 Å². The maximum atomic E-state index is 14.5. The molecule has 254 valence electrons. The van der Waals surface area contributed by atoms with Crippen LogP contribution in [-0.2, 0) is 39.8 Å². The first-order valence-electron chi connectivity index (χ1n) is 16.0. The van der Waals surface area contributed by atoms with Crippen LogP contribution in [0, 0.1) is 30.0 Å². The van der Waals surface area contributed by atoms with Crippen molar-refractivity contribution in [2.75, 3.05) is 6.54 Å². The van der Waals surface area contributed by atoms with E-state index in [9.17, 15) is 23.6 Å². The predicted molar refractivity (Wildman–Crippen MR) is 175 cm³/mol. The third kappa shape index (κ3) is 9.64. The standard InChI is InChI=1S/C36H44ClFN2O7/c1-20(2)16-29-34(43)45-28(22(4)31-32(47-31)24-10-7-8-11-26(24)38)12-9-13-30(41)40-27(18-23-15-14-21(3)25(37)17-23)33(42)39-19-36(5,6)35(44)46-29/h7-11,13-15,17,20,22,27-29,31-32H,12,16,18-19H2,1-6H3,(H,39,42)(H,40,41)/b13-9+/t22-,27+,28-,29-,31+,32+/m0/s1. The minimum absolute atomic E-state index is 0.0125. The smallest absolute Gasteiger partial charge is 0.347 e. The fourth-order valence-corrected chi connectivity index (χ4v) is 5.64. The highest BCUT2D eigenvalue weighted by Crippen LogP contribution is 2.46. The molecule has 2 amide bonds. The maximum Gasteiger partial charge on any atom is 0.347 e. The molecule has 0 bridgehead atoms. The van der Waals surface area contributed by atoms with Gasteiger partial charge < -0.3 is 24.8 Å². The van der Waals surface area contributed by atoms with Gasteiger partial charge in [0.25, 0.3) is 0 Å². The van der Waals surface area contributed by atoms with Gasteiger partial charge in [-0.15, -0.1) is 0 Å². The van der Waals surface area contributed by atoms with E-state index in [2.05, 4.69) is 10.6 Å². The molecule has 2 aromatic rings. The Kier molecular flexibility index (Phi) is 11.8. The number of esters is 2. The normalized spacial score (nSPS) is 26.9. The number of hydrogen-bond acceptors (Lipinski definition) is 7. The first-order chi connectivity index (χ1) is 22.2. The molecule has 0 unspecified atom stereocenters. The molecular formula is C36H44ClFN2O7. The number of epoxide rings is 1. The summed E-state index contributed by atoms with van der Waals surface area (Å²) in [5.41, 5.74) is 0.809. The summed E-state index contributed by atoms with van der Waals surface area (Å²) < 4.78 is 32.1. The summed E-state index contributed by atoms with van der Waals surface area (Å²) in [5, 5.41) is 6.05. The second-order valence-electron chi connectivity index (χ2n) is 13.5. The number of carbonyl (C=O) groups is 4. The maximum absolute atomic E-state index is 14.5. The molecule has 2 aliphatic rings. The van der Waals surface area contributed by atoms with Crippen LogP contribution in [0.5, 0.6) is 0 Å². The average molecular weight is 671 g/mol. The summed E-state index contributed by atoms with van der Waals surface area (Å²) in [5.74, 6) is -3.26. The van der Waals surface area contributed by atoms with Crippen LogP contribution in [-0.4, -0.2) is 54.7 Å². The third-order valence-corrected chi connectivity index (χ3v) is 8.92. The highest BCUT2D eigenvalue weighted by atomic mass is 35.5. The number of carbonyl (C=O) groups excluding carboxylic acids is 4. The Balaban J connectivity index is 1.62. The molecule has 2 N–H and O–H groups in total. The molecule has 0 radical (unpaired) electrons. The van der Waals surface area contributed by atoms with Gasteiger partial charge in [-0.2, -0.15) is 0 Å². The van der Waals surface area contributed by atoms with Gasteiger partial charge >= 0.3 is 11.9 Å². The van der Waals surface area contributed by atoms with Gasteiger partial charge in [-0.25, -0.2) is 9.18 Å². The van der Waals surface area contributed by atoms with Crippen molar-refractivity contribution in [1.29, 1.82) is 0 Å². The Morgan fingerprint density at radius 1 is 1.04 bits per heavy atom. The number of amides is 2. The van der Waals surface area contributed by atoms with Crippen molar-refractivity contribution in [3.05, 3.63) is 82.1 Å². The summed E-state index contributed by atoms with van der Waals surface area (Å²) in [6.07, 6.45) is 0.369. The van der Waals surface area contributed by atoms with E-state index in [1.165, 1.54) is 12.1 Å². The summed E-state index contributed by atoms with van der Waals surface area (Å²) >= 11 is 6.32. The van der Waals surface area contributed by atoms with E-state index in [1.807, 2.05) is 39.8 Å². The molecule has 1 saturated heterocycles. The fourth-order valence-electron chi connectivity index (χ4n) is 5.44. The van der Waals surface area contributed by atoms with E-state index in [-0.39, 0.29) is 31.7 Å². The molecule has 0 aromatic heterocycles. The summed E-state index contributed by atoms with van der Waals surface area (Å²) in [6.45, 7) is 10.6. The zero-order valence-corrected chi connectivity index (χ0v) is 28.4. The molecule has 0 aliphatic carbocycles. The summed E-state index contributed by atoms with van der Waals surface area (Å²) in [7, 11) is 0. The van der Waals surface area contributed by atoms with Crippen LogP contribution in [0.1, 0.15) is 70.3 Å². The van der Waals surface area contributed by atoms with Gasteiger partial charge in [-0.3, -0.25) is 14.4 Å². The molecule has 0 saturated carbocycles. The van der Waals surface area contributed by atoms with Gasteiger partial charge in [0, 0.05) is 35.9 Å². The molecule has 9 nitrogen and oxygen atoms in total. The molecule has 2 heterocycles. The van der Waals surface area contributed by atoms with Gasteiger partial charge in [0.05, 0.1) is 11.5 Å². The Hall–Kier alpha value is -3.76. The Bertz CT molecular complexity index is 1510. The van der Waals surface area contributed by atoms with Crippen molar-refractivity contribution in [2.45, 2.75) is 91.3 Å². The average Bonchev–Trinajstić information content (AvgIpc) is 3.80. The minimum Gasteiger partial charge on any atom is -0.459 e. The lowest BCUT2D eigenvalue weighted by atomic mass is 9.92. The number of rotatable bonds is 7. The minimum atomic E-state index is -1.22. The number of cyclic esters (lactones) is 2. The van der Waals surface area contributed by atoms with Crippen LogP contribution < -0.4 is 10.6 Å². The molecule has 4 rings (SSSR count). The molecule has 6 atom stereocenters. The van der Waals surface area contributed by atoms with Crippen LogP contribution in [0.25, 0.3) is 0 Å². The van der Waals surface area contributed by atoms with Crippen molar-refractivity contribution in [2.24, 2.45) is 17.3 Å². The highest BCUT2D eigenvalue weighted by molar-refractivity contribution is 6.31. The molecule has 0 spiro atoms. The van der Waals surface area contributed by atoms with Gasteiger partial charge in [0.1, 0.15) is 24.1 Å². The lowest BCUT2D eigenvalue weighted by Gasteiger charge is -2.29. The van der Waals surface area contributed by atoms with Crippen molar-refractivity contribution in [3.63, 3.8) is 0 Å². The Morgan fingerprint density at radius 2 is 1.77 bits per heavy atom. The second kappa shape index (κ2) is 15.4. The third-order valence-electron chi connectivity index (χ3n) is 8.51. The monoisotopic (exact) mass is 670 g/mol. The number of benzene rings is 2. The molecular weight excluding hydrogens is 627 g/mol. The largest absolute Gasteiger partial charge is 0.459 e. The Labute approximate surface area is 280 Å². The van der Waals surface area contributed by atoms with Gasteiger partial charge in [-0.1, -0.05) is 68.8 Å². The van der Waals surface area contributed by atoms with Crippen LogP contribution in [0.15, 0.2) is 54.6 Å². The second-order valence-corrected chi connectivity index (χ2v) is 13.9. The van der Waals surface area contributed by atoms with E-state index in [0.29, 0.717) is 10.6 Å². The molecule has 2 aliphatic heterocycles. The van der Waals surface area contributed by atoms with Crippen molar-refractivity contribution < 1.29 is 37.8 Å². The van der Waals surface area contributed by atoms with Crippen LogP contribution in [0.4, 0.5) is 4.39 Å². The molecule has 47 heavy (non-hydrogen) atoms. The first kappa shape index (κ1) is 36.1. The van der Waals surface area contributed by atoms with E-state index >= 15 is 0 Å². The molecule has 1 fully saturated rings. The van der Waals surface area contributed by atoms with E-state index in [4.69, 9.17) is 25.8 Å². The quantitative estimate of drug-likeness (QED) is 0.292. The van der Waals surface area contributed by atoms with Gasteiger partial charge in [0.2, 0.25) is 11.8 Å². The number of aryl methyl sites for hydroxylation is 1.